The van der Waals surface area contributed by atoms with Crippen LogP contribution in [0, 0.1) is 11.8 Å². The van der Waals surface area contributed by atoms with Gasteiger partial charge in [0.15, 0.2) is 0 Å². The molecule has 1 aromatic rings. The first-order valence-electron chi connectivity index (χ1n) is 6.99. The molecule has 0 aromatic heterocycles. The van der Waals surface area contributed by atoms with Gasteiger partial charge in [-0.2, -0.15) is 0 Å². The lowest BCUT2D eigenvalue weighted by Crippen LogP contribution is -2.29. The van der Waals surface area contributed by atoms with Crippen molar-refractivity contribution in [3.05, 3.63) is 35.9 Å². The van der Waals surface area contributed by atoms with Crippen LogP contribution in [0.2, 0.25) is 0 Å². The first kappa shape index (κ1) is 16.9. The fraction of sp³-hybridized carbons (Fsp3) is 0.467. The van der Waals surface area contributed by atoms with Gasteiger partial charge < -0.3 is 13.9 Å². The molecule has 2 atom stereocenters. The van der Waals surface area contributed by atoms with Gasteiger partial charge in [-0.05, 0) is 11.5 Å². The average molecular weight is 325 g/mol. The summed E-state index contributed by atoms with van der Waals surface area (Å²) >= 11 is 0. The second-order valence-corrected chi connectivity index (χ2v) is 7.69. The second-order valence-electron chi connectivity index (χ2n) is 5.32. The minimum atomic E-state index is -3.56. The van der Waals surface area contributed by atoms with Crippen molar-refractivity contribution in [3.63, 3.8) is 0 Å². The van der Waals surface area contributed by atoms with Crippen LogP contribution < -0.4 is 0 Å². The van der Waals surface area contributed by atoms with E-state index in [1.807, 2.05) is 32.0 Å². The molecule has 1 aliphatic rings. The normalized spacial score (nSPS) is 20.0. The van der Waals surface area contributed by atoms with Gasteiger partial charge in [-0.3, -0.25) is 4.57 Å². The standard InChI is InChI=1S/C15H20NO5P/c1-10(2)13-12(15(17)21-16-13)14(22(18,19-3)20-4)11-8-6-5-7-9-11/h5-10,12,14H,1-4H3. The number of benzene rings is 1. The third kappa shape index (κ3) is 3.00. The highest BCUT2D eigenvalue weighted by Gasteiger charge is 2.50. The van der Waals surface area contributed by atoms with Crippen LogP contribution in [-0.4, -0.2) is 25.9 Å². The molecular formula is C15H20NO5P. The maximum Gasteiger partial charge on any atom is 0.345 e. The van der Waals surface area contributed by atoms with Crippen molar-refractivity contribution in [2.24, 2.45) is 17.0 Å². The summed E-state index contributed by atoms with van der Waals surface area (Å²) in [7, 11) is -0.934. The van der Waals surface area contributed by atoms with E-state index in [1.54, 1.807) is 12.1 Å². The molecule has 1 aliphatic heterocycles. The van der Waals surface area contributed by atoms with Crippen LogP contribution in [0.3, 0.4) is 0 Å². The molecule has 0 N–H and O–H groups in total. The summed E-state index contributed by atoms with van der Waals surface area (Å²) in [6, 6.07) is 9.04. The summed E-state index contributed by atoms with van der Waals surface area (Å²) < 4.78 is 23.4. The van der Waals surface area contributed by atoms with Crippen molar-refractivity contribution in [2.45, 2.75) is 19.5 Å². The third-order valence-corrected chi connectivity index (χ3v) is 6.01. The summed E-state index contributed by atoms with van der Waals surface area (Å²) in [6.45, 7) is 3.81. The van der Waals surface area contributed by atoms with E-state index in [0.29, 0.717) is 11.3 Å². The van der Waals surface area contributed by atoms with Gasteiger partial charge in [-0.1, -0.05) is 49.3 Å². The minimum Gasteiger partial charge on any atom is -0.318 e. The Hall–Kier alpha value is -1.49. The third-order valence-electron chi connectivity index (χ3n) is 3.71. The lowest BCUT2D eigenvalue weighted by Gasteiger charge is -2.28. The van der Waals surface area contributed by atoms with Gasteiger partial charge in [0, 0.05) is 14.2 Å². The molecule has 0 radical (unpaired) electrons. The molecule has 6 nitrogen and oxygen atoms in total. The second kappa shape index (κ2) is 6.73. The van der Waals surface area contributed by atoms with Crippen molar-refractivity contribution in [3.8, 4) is 0 Å². The molecule has 120 valence electrons. The van der Waals surface area contributed by atoms with Crippen LogP contribution in [-0.2, 0) is 23.2 Å². The first-order valence-corrected chi connectivity index (χ1v) is 8.60. The van der Waals surface area contributed by atoms with Crippen molar-refractivity contribution >= 4 is 19.3 Å². The van der Waals surface area contributed by atoms with Crippen LogP contribution in [0.15, 0.2) is 35.5 Å². The Balaban J connectivity index is 2.57. The van der Waals surface area contributed by atoms with Crippen LogP contribution in [0.4, 0.5) is 0 Å². The summed E-state index contributed by atoms with van der Waals surface area (Å²) in [4.78, 5) is 17.1. The molecule has 2 unspecified atom stereocenters. The Labute approximate surface area is 130 Å². The summed E-state index contributed by atoms with van der Waals surface area (Å²) in [5.41, 5.74) is 0.444. The summed E-state index contributed by atoms with van der Waals surface area (Å²) in [5.74, 6) is -1.34. The highest BCUT2D eigenvalue weighted by Crippen LogP contribution is 2.64. The molecule has 0 saturated heterocycles. The van der Waals surface area contributed by atoms with Gasteiger partial charge in [-0.15, -0.1) is 0 Å². The van der Waals surface area contributed by atoms with Crippen molar-refractivity contribution < 1.29 is 23.2 Å². The molecule has 0 saturated carbocycles. The molecular weight excluding hydrogens is 305 g/mol. The molecule has 0 fully saturated rings. The predicted molar refractivity (Wildman–Crippen MR) is 82.7 cm³/mol. The van der Waals surface area contributed by atoms with Crippen LogP contribution >= 0.6 is 7.60 Å². The maximum atomic E-state index is 13.0. The summed E-state index contributed by atoms with van der Waals surface area (Å²) in [6.07, 6.45) is 0. The lowest BCUT2D eigenvalue weighted by atomic mass is 9.89. The van der Waals surface area contributed by atoms with E-state index in [2.05, 4.69) is 5.16 Å². The smallest absolute Gasteiger partial charge is 0.318 e. The van der Waals surface area contributed by atoms with E-state index in [9.17, 15) is 9.36 Å². The fourth-order valence-electron chi connectivity index (χ4n) is 2.60. The average Bonchev–Trinajstić information content (AvgIpc) is 2.90. The molecule has 7 heteroatoms. The number of carbonyl (C=O) groups excluding carboxylic acids is 1. The molecule has 1 heterocycles. The number of rotatable bonds is 6. The Morgan fingerprint density at radius 3 is 2.27 bits per heavy atom. The van der Waals surface area contributed by atoms with Gasteiger partial charge in [0.05, 0.1) is 5.71 Å². The molecule has 2 rings (SSSR count). The van der Waals surface area contributed by atoms with Crippen LogP contribution in [0.1, 0.15) is 25.1 Å². The maximum absolute atomic E-state index is 13.0. The zero-order chi connectivity index (χ0) is 16.3. The molecule has 22 heavy (non-hydrogen) atoms. The largest absolute Gasteiger partial charge is 0.345 e. The van der Waals surface area contributed by atoms with Gasteiger partial charge in [0.25, 0.3) is 0 Å². The molecule has 0 amide bonds. The number of carbonyl (C=O) groups is 1. The molecule has 0 bridgehead atoms. The Kier molecular flexibility index (Phi) is 5.16. The summed E-state index contributed by atoms with van der Waals surface area (Å²) in [5, 5.41) is 3.86. The van der Waals surface area contributed by atoms with E-state index in [1.165, 1.54) is 14.2 Å². The predicted octanol–water partition coefficient (Wildman–Crippen LogP) is 3.40. The zero-order valence-electron chi connectivity index (χ0n) is 13.1. The van der Waals surface area contributed by atoms with Crippen LogP contribution in [0.25, 0.3) is 0 Å². The quantitative estimate of drug-likeness (QED) is 0.592. The Morgan fingerprint density at radius 1 is 1.18 bits per heavy atom. The van der Waals surface area contributed by atoms with E-state index < -0.39 is 25.1 Å². The number of nitrogens with zero attached hydrogens (tertiary/aromatic N) is 1. The highest BCUT2D eigenvalue weighted by molar-refractivity contribution is 7.54. The van der Waals surface area contributed by atoms with Gasteiger partial charge in [0.1, 0.15) is 11.6 Å². The van der Waals surface area contributed by atoms with Crippen LogP contribution in [0.5, 0.6) is 0 Å². The van der Waals surface area contributed by atoms with Crippen molar-refractivity contribution in [2.75, 3.05) is 14.2 Å². The zero-order valence-corrected chi connectivity index (χ0v) is 13.9. The Bertz CT molecular complexity index is 606. The Morgan fingerprint density at radius 2 is 1.77 bits per heavy atom. The minimum absolute atomic E-state index is 0.0233. The van der Waals surface area contributed by atoms with E-state index in [0.717, 1.165) is 0 Å². The number of hydrogen-bond donors (Lipinski definition) is 0. The van der Waals surface area contributed by atoms with Crippen molar-refractivity contribution in [1.82, 2.24) is 0 Å². The first-order chi connectivity index (χ1) is 10.4. The fourth-order valence-corrected chi connectivity index (χ4v) is 4.38. The topological polar surface area (TPSA) is 74.2 Å². The molecule has 0 aliphatic carbocycles. The number of hydrogen-bond acceptors (Lipinski definition) is 6. The number of oxime groups is 1. The molecule has 1 aromatic carbocycles. The van der Waals surface area contributed by atoms with E-state index in [-0.39, 0.29) is 5.92 Å². The lowest BCUT2D eigenvalue weighted by molar-refractivity contribution is -0.143. The van der Waals surface area contributed by atoms with E-state index >= 15 is 0 Å². The monoisotopic (exact) mass is 325 g/mol. The highest BCUT2D eigenvalue weighted by atomic mass is 31.2. The van der Waals surface area contributed by atoms with Gasteiger partial charge in [0.2, 0.25) is 0 Å². The van der Waals surface area contributed by atoms with Gasteiger partial charge in [-0.25, -0.2) is 4.79 Å². The molecule has 0 spiro atoms. The van der Waals surface area contributed by atoms with Gasteiger partial charge >= 0.3 is 13.6 Å². The van der Waals surface area contributed by atoms with Crippen molar-refractivity contribution in [1.29, 1.82) is 0 Å². The SMILES string of the molecule is COP(=O)(OC)C(c1ccccc1)C1C(=O)ON=C1C(C)C. The van der Waals surface area contributed by atoms with E-state index in [4.69, 9.17) is 13.9 Å².